The Balaban J connectivity index is 1.38. The number of nitrogens with zero attached hydrogens (tertiary/aromatic N) is 3. The maximum atomic E-state index is 5.41. The first-order valence-corrected chi connectivity index (χ1v) is 10.2. The Morgan fingerprint density at radius 3 is 2.96 bits per heavy atom. The molecule has 0 unspecified atom stereocenters. The van der Waals surface area contributed by atoms with Crippen molar-refractivity contribution in [3.63, 3.8) is 0 Å². The topological polar surface area (TPSA) is 42.2 Å². The van der Waals surface area contributed by atoms with E-state index in [0.29, 0.717) is 5.82 Å². The standard InChI is InChI=1S/C20H16BrN3OS/c21-19-14-4-1-2-6-17(14)26-18(19)12-24-8-7-15-13(11-24)10-22-20(23-15)16-5-3-9-25-16/h1-6,9-10H,7-8,11-12H2. The summed E-state index contributed by atoms with van der Waals surface area (Å²) >= 11 is 5.66. The van der Waals surface area contributed by atoms with E-state index < -0.39 is 0 Å². The van der Waals surface area contributed by atoms with Crippen LogP contribution in [0.25, 0.3) is 21.7 Å². The van der Waals surface area contributed by atoms with E-state index in [2.05, 4.69) is 50.1 Å². The highest BCUT2D eigenvalue weighted by molar-refractivity contribution is 9.10. The fourth-order valence-electron chi connectivity index (χ4n) is 3.40. The molecule has 0 atom stereocenters. The fourth-order valence-corrected chi connectivity index (χ4v) is 5.39. The summed E-state index contributed by atoms with van der Waals surface area (Å²) in [7, 11) is 0. The molecule has 0 amide bonds. The van der Waals surface area contributed by atoms with Gasteiger partial charge < -0.3 is 4.42 Å². The van der Waals surface area contributed by atoms with Crippen molar-refractivity contribution < 1.29 is 4.42 Å². The Morgan fingerprint density at radius 2 is 2.12 bits per heavy atom. The van der Waals surface area contributed by atoms with E-state index in [4.69, 9.17) is 9.40 Å². The summed E-state index contributed by atoms with van der Waals surface area (Å²) in [6.07, 6.45) is 4.54. The first-order valence-electron chi connectivity index (χ1n) is 8.55. The number of rotatable bonds is 3. The highest BCUT2D eigenvalue weighted by atomic mass is 79.9. The Hall–Kier alpha value is -2.02. The molecule has 0 bridgehead atoms. The van der Waals surface area contributed by atoms with Crippen molar-refractivity contribution in [2.75, 3.05) is 6.54 Å². The Bertz CT molecular complexity index is 1070. The molecule has 3 aromatic heterocycles. The molecule has 26 heavy (non-hydrogen) atoms. The van der Waals surface area contributed by atoms with E-state index in [0.717, 1.165) is 37.5 Å². The lowest BCUT2D eigenvalue weighted by Crippen LogP contribution is -2.30. The lowest BCUT2D eigenvalue weighted by molar-refractivity contribution is 0.244. The number of benzene rings is 1. The van der Waals surface area contributed by atoms with Crippen molar-refractivity contribution in [3.05, 3.63) is 69.5 Å². The van der Waals surface area contributed by atoms with Crippen LogP contribution in [0.2, 0.25) is 0 Å². The van der Waals surface area contributed by atoms with E-state index >= 15 is 0 Å². The molecule has 4 nitrogen and oxygen atoms in total. The van der Waals surface area contributed by atoms with E-state index in [1.165, 1.54) is 25.0 Å². The van der Waals surface area contributed by atoms with Crippen LogP contribution in [0.5, 0.6) is 0 Å². The summed E-state index contributed by atoms with van der Waals surface area (Å²) in [5, 5.41) is 1.30. The molecule has 0 saturated carbocycles. The van der Waals surface area contributed by atoms with Gasteiger partial charge >= 0.3 is 0 Å². The van der Waals surface area contributed by atoms with Crippen LogP contribution in [0.4, 0.5) is 0 Å². The van der Waals surface area contributed by atoms with Gasteiger partial charge in [0.05, 0.1) is 12.0 Å². The number of furan rings is 1. The van der Waals surface area contributed by atoms with Gasteiger partial charge in [-0.1, -0.05) is 18.2 Å². The van der Waals surface area contributed by atoms with E-state index in [9.17, 15) is 0 Å². The van der Waals surface area contributed by atoms with Crippen LogP contribution in [0.15, 0.2) is 57.7 Å². The summed E-state index contributed by atoms with van der Waals surface area (Å²) < 4.78 is 7.98. The summed E-state index contributed by atoms with van der Waals surface area (Å²) in [6, 6.07) is 12.3. The van der Waals surface area contributed by atoms with Crippen molar-refractivity contribution in [2.24, 2.45) is 0 Å². The maximum Gasteiger partial charge on any atom is 0.195 e. The summed E-state index contributed by atoms with van der Waals surface area (Å²) in [6.45, 7) is 2.83. The zero-order valence-corrected chi connectivity index (χ0v) is 16.4. The van der Waals surface area contributed by atoms with Gasteiger partial charge in [0.2, 0.25) is 0 Å². The second-order valence-corrected chi connectivity index (χ2v) is 8.37. The molecule has 1 aromatic carbocycles. The molecule has 5 rings (SSSR count). The van der Waals surface area contributed by atoms with Gasteiger partial charge in [0.15, 0.2) is 11.6 Å². The number of aromatic nitrogens is 2. The van der Waals surface area contributed by atoms with Crippen LogP contribution < -0.4 is 0 Å². The monoisotopic (exact) mass is 425 g/mol. The molecular weight excluding hydrogens is 410 g/mol. The second kappa shape index (κ2) is 6.61. The zero-order chi connectivity index (χ0) is 17.5. The van der Waals surface area contributed by atoms with Gasteiger partial charge in [0, 0.05) is 57.3 Å². The van der Waals surface area contributed by atoms with Crippen LogP contribution in [-0.4, -0.2) is 21.4 Å². The highest BCUT2D eigenvalue weighted by Gasteiger charge is 2.21. The van der Waals surface area contributed by atoms with Gasteiger partial charge in [-0.3, -0.25) is 4.90 Å². The molecule has 130 valence electrons. The number of thiophene rings is 1. The van der Waals surface area contributed by atoms with Crippen molar-refractivity contribution in [1.29, 1.82) is 0 Å². The molecule has 0 radical (unpaired) electrons. The molecule has 6 heteroatoms. The Labute approximate surface area is 163 Å². The third-order valence-electron chi connectivity index (χ3n) is 4.72. The van der Waals surface area contributed by atoms with Crippen molar-refractivity contribution in [1.82, 2.24) is 14.9 Å². The van der Waals surface area contributed by atoms with Gasteiger partial charge in [-0.25, -0.2) is 9.97 Å². The second-order valence-electron chi connectivity index (χ2n) is 6.44. The van der Waals surface area contributed by atoms with Gasteiger partial charge in [-0.2, -0.15) is 0 Å². The molecule has 0 saturated heterocycles. The third kappa shape index (κ3) is 2.88. The van der Waals surface area contributed by atoms with Crippen molar-refractivity contribution in [3.8, 4) is 11.6 Å². The lowest BCUT2D eigenvalue weighted by Gasteiger charge is -2.27. The van der Waals surface area contributed by atoms with E-state index in [1.54, 1.807) is 6.26 Å². The predicted octanol–water partition coefficient (Wildman–Crippen LogP) is 5.27. The van der Waals surface area contributed by atoms with Gasteiger partial charge in [-0.15, -0.1) is 11.3 Å². The lowest BCUT2D eigenvalue weighted by atomic mass is 10.1. The number of fused-ring (bicyclic) bond motifs is 2. The molecular formula is C20H16BrN3OS. The molecule has 1 aliphatic rings. The van der Waals surface area contributed by atoms with Crippen LogP contribution in [-0.2, 0) is 19.5 Å². The fraction of sp³-hybridized carbons (Fsp3) is 0.200. The normalized spacial score (nSPS) is 14.7. The average molecular weight is 426 g/mol. The average Bonchev–Trinajstić information content (AvgIpc) is 3.31. The molecule has 0 fully saturated rings. The van der Waals surface area contributed by atoms with E-state index in [-0.39, 0.29) is 0 Å². The minimum absolute atomic E-state index is 0.675. The van der Waals surface area contributed by atoms with Crippen molar-refractivity contribution >= 4 is 37.4 Å². The van der Waals surface area contributed by atoms with Gasteiger partial charge in [-0.05, 0) is 34.1 Å². The molecule has 0 N–H and O–H groups in total. The minimum atomic E-state index is 0.675. The van der Waals surface area contributed by atoms with Crippen LogP contribution in [0.3, 0.4) is 0 Å². The van der Waals surface area contributed by atoms with Gasteiger partial charge in [0.1, 0.15) is 0 Å². The molecule has 0 spiro atoms. The first kappa shape index (κ1) is 16.2. The first-order chi connectivity index (χ1) is 12.8. The Kier molecular flexibility index (Phi) is 4.11. The SMILES string of the molecule is Brc1c(CN2CCc3nc(-c4ccco4)ncc3C2)sc2ccccc12. The Morgan fingerprint density at radius 1 is 1.19 bits per heavy atom. The van der Waals surface area contributed by atoms with Crippen molar-refractivity contribution in [2.45, 2.75) is 19.5 Å². The third-order valence-corrected chi connectivity index (χ3v) is 7.05. The molecule has 0 aliphatic carbocycles. The number of hydrogen-bond donors (Lipinski definition) is 0. The molecule has 4 aromatic rings. The largest absolute Gasteiger partial charge is 0.461 e. The van der Waals surface area contributed by atoms with Gasteiger partial charge in [0.25, 0.3) is 0 Å². The summed E-state index contributed by atoms with van der Waals surface area (Å²) in [5.74, 6) is 1.40. The minimum Gasteiger partial charge on any atom is -0.461 e. The van der Waals surface area contributed by atoms with Crippen LogP contribution in [0.1, 0.15) is 16.1 Å². The highest BCUT2D eigenvalue weighted by Crippen LogP contribution is 2.36. The molecule has 1 aliphatic heterocycles. The predicted molar refractivity (Wildman–Crippen MR) is 107 cm³/mol. The summed E-state index contributed by atoms with van der Waals surface area (Å²) in [5.41, 5.74) is 2.35. The van der Waals surface area contributed by atoms with E-state index in [1.807, 2.05) is 29.7 Å². The summed E-state index contributed by atoms with van der Waals surface area (Å²) in [4.78, 5) is 13.0. The molecule has 4 heterocycles. The number of halogens is 1. The number of hydrogen-bond acceptors (Lipinski definition) is 5. The van der Waals surface area contributed by atoms with Crippen LogP contribution in [0, 0.1) is 0 Å². The van der Waals surface area contributed by atoms with Crippen LogP contribution >= 0.6 is 27.3 Å². The quantitative estimate of drug-likeness (QED) is 0.448. The smallest absolute Gasteiger partial charge is 0.195 e. The maximum absolute atomic E-state index is 5.41. The zero-order valence-electron chi connectivity index (χ0n) is 14.0.